The molecule has 0 rings (SSSR count). The zero-order valence-electron chi connectivity index (χ0n) is 7.71. The number of esters is 1. The molecule has 12 heavy (non-hydrogen) atoms. The molecule has 3 nitrogen and oxygen atoms in total. The van der Waals surface area contributed by atoms with Crippen LogP contribution in [0.25, 0.3) is 0 Å². The van der Waals surface area contributed by atoms with Crippen molar-refractivity contribution in [2.24, 2.45) is 0 Å². The Labute approximate surface area is 73.4 Å². The number of carbonyl (C=O) groups is 1. The Balaban J connectivity index is 3.14. The first kappa shape index (κ1) is 11.2. The standard InChI is InChI=1S/C9H16O3/c1-3-5-9(10)12-8-7-11-6-4-2/h3,5H,4,6-8H2,1-2H3. The van der Waals surface area contributed by atoms with Crippen molar-refractivity contribution in [3.63, 3.8) is 0 Å². The van der Waals surface area contributed by atoms with Gasteiger partial charge in [0, 0.05) is 12.7 Å². The summed E-state index contributed by atoms with van der Waals surface area (Å²) in [5, 5.41) is 0. The molecule has 0 atom stereocenters. The Kier molecular flexibility index (Phi) is 7.70. The molecule has 0 unspecified atom stereocenters. The van der Waals surface area contributed by atoms with E-state index in [1.54, 1.807) is 13.0 Å². The Bertz CT molecular complexity index is 141. The van der Waals surface area contributed by atoms with Crippen LogP contribution in [0, 0.1) is 0 Å². The maximum absolute atomic E-state index is 10.7. The van der Waals surface area contributed by atoms with Crippen LogP contribution in [0.3, 0.4) is 0 Å². The Morgan fingerprint density at radius 1 is 1.33 bits per heavy atom. The molecular formula is C9H16O3. The van der Waals surface area contributed by atoms with Crippen LogP contribution in [-0.4, -0.2) is 25.8 Å². The Hall–Kier alpha value is -0.830. The molecule has 0 amide bonds. The van der Waals surface area contributed by atoms with E-state index in [0.717, 1.165) is 13.0 Å². The molecule has 0 N–H and O–H groups in total. The summed E-state index contributed by atoms with van der Waals surface area (Å²) in [7, 11) is 0. The average Bonchev–Trinajstić information content (AvgIpc) is 2.05. The molecule has 0 bridgehead atoms. The lowest BCUT2D eigenvalue weighted by Crippen LogP contribution is -2.08. The van der Waals surface area contributed by atoms with E-state index in [2.05, 4.69) is 0 Å². The van der Waals surface area contributed by atoms with Gasteiger partial charge in [-0.15, -0.1) is 0 Å². The zero-order valence-corrected chi connectivity index (χ0v) is 7.71. The van der Waals surface area contributed by atoms with Crippen molar-refractivity contribution < 1.29 is 14.3 Å². The van der Waals surface area contributed by atoms with E-state index in [1.807, 2.05) is 6.92 Å². The summed E-state index contributed by atoms with van der Waals surface area (Å²) in [4.78, 5) is 10.7. The second-order valence-corrected chi connectivity index (χ2v) is 2.28. The van der Waals surface area contributed by atoms with E-state index in [4.69, 9.17) is 9.47 Å². The van der Waals surface area contributed by atoms with Crippen LogP contribution in [-0.2, 0) is 14.3 Å². The number of carbonyl (C=O) groups excluding carboxylic acids is 1. The van der Waals surface area contributed by atoms with Crippen LogP contribution in [0.15, 0.2) is 12.2 Å². The molecule has 70 valence electrons. The number of hydrogen-bond donors (Lipinski definition) is 0. The van der Waals surface area contributed by atoms with Crippen molar-refractivity contribution in [2.75, 3.05) is 19.8 Å². The highest BCUT2D eigenvalue weighted by molar-refractivity contribution is 5.81. The van der Waals surface area contributed by atoms with Crippen molar-refractivity contribution in [1.82, 2.24) is 0 Å². The topological polar surface area (TPSA) is 35.5 Å². The highest BCUT2D eigenvalue weighted by Crippen LogP contribution is 1.84. The molecule has 0 aromatic rings. The lowest BCUT2D eigenvalue weighted by Gasteiger charge is -2.02. The highest BCUT2D eigenvalue weighted by atomic mass is 16.6. The van der Waals surface area contributed by atoms with Gasteiger partial charge < -0.3 is 9.47 Å². The van der Waals surface area contributed by atoms with Crippen molar-refractivity contribution in [1.29, 1.82) is 0 Å². The van der Waals surface area contributed by atoms with Gasteiger partial charge in [0.1, 0.15) is 6.61 Å². The second kappa shape index (κ2) is 8.27. The molecule has 0 fully saturated rings. The van der Waals surface area contributed by atoms with Crippen LogP contribution in [0.5, 0.6) is 0 Å². The first-order valence-electron chi connectivity index (χ1n) is 4.18. The monoisotopic (exact) mass is 172 g/mol. The third-order valence-electron chi connectivity index (χ3n) is 1.12. The lowest BCUT2D eigenvalue weighted by atomic mass is 10.5. The first-order valence-corrected chi connectivity index (χ1v) is 4.18. The predicted octanol–water partition coefficient (Wildman–Crippen LogP) is 1.53. The third kappa shape index (κ3) is 7.28. The van der Waals surface area contributed by atoms with Crippen molar-refractivity contribution >= 4 is 5.97 Å². The molecule has 0 heterocycles. The summed E-state index contributed by atoms with van der Waals surface area (Å²) < 4.78 is 9.89. The lowest BCUT2D eigenvalue weighted by molar-refractivity contribution is -0.139. The normalized spacial score (nSPS) is 10.5. The minimum atomic E-state index is -0.308. The quantitative estimate of drug-likeness (QED) is 0.346. The fourth-order valence-electron chi connectivity index (χ4n) is 0.632. The molecule has 0 saturated heterocycles. The van der Waals surface area contributed by atoms with Crippen LogP contribution < -0.4 is 0 Å². The van der Waals surface area contributed by atoms with E-state index in [9.17, 15) is 4.79 Å². The molecule has 0 spiro atoms. The Morgan fingerprint density at radius 2 is 2.08 bits per heavy atom. The summed E-state index contributed by atoms with van der Waals surface area (Å²) in [5.74, 6) is -0.308. The molecular weight excluding hydrogens is 156 g/mol. The van der Waals surface area contributed by atoms with Crippen molar-refractivity contribution in [3.8, 4) is 0 Å². The van der Waals surface area contributed by atoms with Gasteiger partial charge in [-0.3, -0.25) is 0 Å². The summed E-state index contributed by atoms with van der Waals surface area (Å²) in [6.45, 7) is 5.35. The highest BCUT2D eigenvalue weighted by Gasteiger charge is 1.94. The third-order valence-corrected chi connectivity index (χ3v) is 1.12. The maximum atomic E-state index is 10.7. The largest absolute Gasteiger partial charge is 0.460 e. The van der Waals surface area contributed by atoms with Gasteiger partial charge in [-0.1, -0.05) is 13.0 Å². The molecule has 0 radical (unpaired) electrons. The SMILES string of the molecule is CC=CC(=O)OCCOCCC. The molecule has 0 aromatic heterocycles. The van der Waals surface area contributed by atoms with Crippen LogP contribution in [0.4, 0.5) is 0 Å². The van der Waals surface area contributed by atoms with Gasteiger partial charge in [0.2, 0.25) is 0 Å². The van der Waals surface area contributed by atoms with E-state index >= 15 is 0 Å². The predicted molar refractivity (Wildman–Crippen MR) is 46.9 cm³/mol. The van der Waals surface area contributed by atoms with Crippen LogP contribution in [0.2, 0.25) is 0 Å². The van der Waals surface area contributed by atoms with Gasteiger partial charge in [-0.05, 0) is 13.3 Å². The number of ether oxygens (including phenoxy) is 2. The second-order valence-electron chi connectivity index (χ2n) is 2.28. The maximum Gasteiger partial charge on any atom is 0.330 e. The minimum absolute atomic E-state index is 0.308. The summed E-state index contributed by atoms with van der Waals surface area (Å²) in [6.07, 6.45) is 4.03. The molecule has 0 aliphatic carbocycles. The summed E-state index contributed by atoms with van der Waals surface area (Å²) >= 11 is 0. The molecule has 0 aliphatic heterocycles. The van der Waals surface area contributed by atoms with Gasteiger partial charge in [0.05, 0.1) is 6.61 Å². The smallest absolute Gasteiger partial charge is 0.330 e. The number of rotatable bonds is 6. The molecule has 3 heteroatoms. The van der Waals surface area contributed by atoms with Gasteiger partial charge in [-0.2, -0.15) is 0 Å². The average molecular weight is 172 g/mol. The minimum Gasteiger partial charge on any atom is -0.460 e. The molecule has 0 aromatic carbocycles. The van der Waals surface area contributed by atoms with Gasteiger partial charge in [-0.25, -0.2) is 4.79 Å². The molecule has 0 saturated carbocycles. The summed E-state index contributed by atoms with van der Waals surface area (Å²) in [5.41, 5.74) is 0. The molecule has 0 aliphatic rings. The van der Waals surface area contributed by atoms with Crippen molar-refractivity contribution in [3.05, 3.63) is 12.2 Å². The van der Waals surface area contributed by atoms with Crippen molar-refractivity contribution in [2.45, 2.75) is 20.3 Å². The fourth-order valence-corrected chi connectivity index (χ4v) is 0.632. The van der Waals surface area contributed by atoms with Gasteiger partial charge in [0.25, 0.3) is 0 Å². The van der Waals surface area contributed by atoms with Gasteiger partial charge >= 0.3 is 5.97 Å². The van der Waals surface area contributed by atoms with Crippen LogP contribution in [0.1, 0.15) is 20.3 Å². The van der Waals surface area contributed by atoms with Gasteiger partial charge in [0.15, 0.2) is 0 Å². The van der Waals surface area contributed by atoms with E-state index < -0.39 is 0 Å². The fraction of sp³-hybridized carbons (Fsp3) is 0.667. The number of hydrogen-bond acceptors (Lipinski definition) is 3. The summed E-state index contributed by atoms with van der Waals surface area (Å²) in [6, 6.07) is 0. The Morgan fingerprint density at radius 3 is 2.67 bits per heavy atom. The zero-order chi connectivity index (χ0) is 9.23. The number of allylic oxidation sites excluding steroid dienone is 1. The van der Waals surface area contributed by atoms with E-state index in [0.29, 0.717) is 13.2 Å². The first-order chi connectivity index (χ1) is 5.81. The van der Waals surface area contributed by atoms with E-state index in [-0.39, 0.29) is 5.97 Å². The van der Waals surface area contributed by atoms with E-state index in [1.165, 1.54) is 6.08 Å². The van der Waals surface area contributed by atoms with Crippen LogP contribution >= 0.6 is 0 Å².